The van der Waals surface area contributed by atoms with Crippen LogP contribution in [0.15, 0.2) is 24.3 Å². The Hall–Kier alpha value is -2.04. The maximum Gasteiger partial charge on any atom is 0.253 e. The fourth-order valence-electron chi connectivity index (χ4n) is 4.63. The van der Waals surface area contributed by atoms with Crippen molar-refractivity contribution >= 4 is 17.5 Å². The predicted octanol–water partition coefficient (Wildman–Crippen LogP) is 6.93. The number of carbonyl (C=O) groups excluding carboxylic acids is 2. The van der Waals surface area contributed by atoms with Crippen molar-refractivity contribution in [3.05, 3.63) is 29.8 Å². The van der Waals surface area contributed by atoms with Gasteiger partial charge in [0.1, 0.15) is 0 Å². The van der Waals surface area contributed by atoms with E-state index in [0.717, 1.165) is 50.1 Å². The summed E-state index contributed by atoms with van der Waals surface area (Å²) in [5, 5.41) is 6.15. The molecule has 1 fully saturated rings. The normalized spacial score (nSPS) is 13.3. The van der Waals surface area contributed by atoms with E-state index in [0.29, 0.717) is 0 Å². The van der Waals surface area contributed by atoms with Gasteiger partial charge in [-0.15, -0.1) is 0 Å². The topological polar surface area (TPSA) is 61.4 Å². The number of nitrogens with one attached hydrogen (secondary N) is 2. The Balaban J connectivity index is 1.39. The SMILES string of the molecule is CCCCCCCCCCCCCCCCNC(=O)CNc1ccc(C(=O)N2CCCC2)cc1. The molecule has 0 atom stereocenters. The highest BCUT2D eigenvalue weighted by Gasteiger charge is 2.19. The molecule has 2 rings (SSSR count). The van der Waals surface area contributed by atoms with Gasteiger partial charge in [-0.1, -0.05) is 90.4 Å². The van der Waals surface area contributed by atoms with Crippen molar-refractivity contribution in [1.82, 2.24) is 10.2 Å². The molecule has 1 aliphatic rings. The van der Waals surface area contributed by atoms with E-state index in [-0.39, 0.29) is 18.4 Å². The molecule has 2 N–H and O–H groups in total. The van der Waals surface area contributed by atoms with Crippen molar-refractivity contribution in [2.75, 3.05) is 31.5 Å². The largest absolute Gasteiger partial charge is 0.376 e. The maximum absolute atomic E-state index is 12.4. The fraction of sp³-hybridized carbons (Fsp3) is 0.724. The Morgan fingerprint density at radius 1 is 0.735 bits per heavy atom. The van der Waals surface area contributed by atoms with Gasteiger partial charge in [-0.2, -0.15) is 0 Å². The fourth-order valence-corrected chi connectivity index (χ4v) is 4.63. The minimum atomic E-state index is 0.0203. The van der Waals surface area contributed by atoms with Crippen molar-refractivity contribution in [2.24, 2.45) is 0 Å². The van der Waals surface area contributed by atoms with E-state index in [1.54, 1.807) is 0 Å². The molecule has 192 valence electrons. The lowest BCUT2D eigenvalue weighted by Gasteiger charge is -2.15. The Bertz CT molecular complexity index is 668. The van der Waals surface area contributed by atoms with Crippen LogP contribution in [0.25, 0.3) is 0 Å². The summed E-state index contributed by atoms with van der Waals surface area (Å²) >= 11 is 0. The lowest BCUT2D eigenvalue weighted by Crippen LogP contribution is -2.30. The van der Waals surface area contributed by atoms with Crippen molar-refractivity contribution in [2.45, 2.75) is 110 Å². The molecule has 0 spiro atoms. The number of anilines is 1. The number of amides is 2. The van der Waals surface area contributed by atoms with Gasteiger partial charge in [-0.25, -0.2) is 0 Å². The highest BCUT2D eigenvalue weighted by molar-refractivity contribution is 5.94. The van der Waals surface area contributed by atoms with Crippen molar-refractivity contribution in [1.29, 1.82) is 0 Å². The third-order valence-corrected chi connectivity index (χ3v) is 6.83. The summed E-state index contributed by atoms with van der Waals surface area (Å²) in [6, 6.07) is 7.44. The predicted molar refractivity (Wildman–Crippen MR) is 143 cm³/mol. The minimum absolute atomic E-state index is 0.0203. The molecule has 0 aliphatic carbocycles. The zero-order valence-corrected chi connectivity index (χ0v) is 21.7. The molecule has 1 aromatic carbocycles. The second kappa shape index (κ2) is 18.3. The molecule has 1 heterocycles. The van der Waals surface area contributed by atoms with Crippen LogP contribution in [-0.4, -0.2) is 42.9 Å². The molecule has 0 aromatic heterocycles. The summed E-state index contributed by atoms with van der Waals surface area (Å²) < 4.78 is 0. The third kappa shape index (κ3) is 12.4. The molecule has 0 radical (unpaired) electrons. The van der Waals surface area contributed by atoms with E-state index in [4.69, 9.17) is 0 Å². The first kappa shape index (κ1) is 28.2. The summed E-state index contributed by atoms with van der Waals surface area (Å²) in [5.74, 6) is 0.127. The number of nitrogens with zero attached hydrogens (tertiary/aromatic N) is 1. The number of likely N-dealkylation sites (tertiary alicyclic amines) is 1. The van der Waals surface area contributed by atoms with Gasteiger partial charge in [0, 0.05) is 30.9 Å². The molecule has 0 bridgehead atoms. The van der Waals surface area contributed by atoms with Gasteiger partial charge < -0.3 is 15.5 Å². The van der Waals surface area contributed by atoms with Gasteiger partial charge in [0.2, 0.25) is 5.91 Å². The first-order valence-electron chi connectivity index (χ1n) is 14.1. The van der Waals surface area contributed by atoms with Crippen LogP contribution in [0.1, 0.15) is 120 Å². The Morgan fingerprint density at radius 2 is 1.24 bits per heavy atom. The number of benzene rings is 1. The number of rotatable bonds is 19. The van der Waals surface area contributed by atoms with Crippen molar-refractivity contribution in [3.8, 4) is 0 Å². The summed E-state index contributed by atoms with van der Waals surface area (Å²) in [4.78, 5) is 26.4. The lowest BCUT2D eigenvalue weighted by molar-refractivity contribution is -0.119. The van der Waals surface area contributed by atoms with Crippen LogP contribution in [0.2, 0.25) is 0 Å². The van der Waals surface area contributed by atoms with E-state index >= 15 is 0 Å². The highest BCUT2D eigenvalue weighted by Crippen LogP contribution is 2.15. The molecule has 2 amide bonds. The Labute approximate surface area is 208 Å². The van der Waals surface area contributed by atoms with E-state index in [2.05, 4.69) is 17.6 Å². The second-order valence-electron chi connectivity index (χ2n) is 9.88. The molecule has 5 heteroatoms. The van der Waals surface area contributed by atoms with Gasteiger partial charge in [-0.3, -0.25) is 9.59 Å². The van der Waals surface area contributed by atoms with Crippen molar-refractivity contribution < 1.29 is 9.59 Å². The number of carbonyl (C=O) groups is 2. The lowest BCUT2D eigenvalue weighted by atomic mass is 10.0. The molecule has 1 aromatic rings. The standard InChI is InChI=1S/C29H49N3O2/c1-2-3-4-5-6-7-8-9-10-11-12-13-14-15-22-30-28(33)25-31-27-20-18-26(19-21-27)29(34)32-23-16-17-24-32/h18-21,31H,2-17,22-25H2,1H3,(H,30,33). The summed E-state index contributed by atoms with van der Waals surface area (Å²) in [6.45, 7) is 5.01. The molecule has 0 saturated carbocycles. The van der Waals surface area contributed by atoms with Gasteiger partial charge in [0.05, 0.1) is 6.54 Å². The second-order valence-corrected chi connectivity index (χ2v) is 9.88. The third-order valence-electron chi connectivity index (χ3n) is 6.83. The van der Waals surface area contributed by atoms with Gasteiger partial charge in [-0.05, 0) is 43.5 Å². The van der Waals surface area contributed by atoms with Gasteiger partial charge >= 0.3 is 0 Å². The summed E-state index contributed by atoms with van der Waals surface area (Å²) in [7, 11) is 0. The Morgan fingerprint density at radius 3 is 1.76 bits per heavy atom. The van der Waals surface area contributed by atoms with E-state index in [1.807, 2.05) is 29.2 Å². The number of hydrogen-bond donors (Lipinski definition) is 2. The zero-order chi connectivity index (χ0) is 24.3. The van der Waals surface area contributed by atoms with Crippen LogP contribution in [0, 0.1) is 0 Å². The van der Waals surface area contributed by atoms with Crippen LogP contribution in [0.4, 0.5) is 5.69 Å². The van der Waals surface area contributed by atoms with E-state index in [1.165, 1.54) is 83.5 Å². The number of hydrogen-bond acceptors (Lipinski definition) is 3. The molecule has 5 nitrogen and oxygen atoms in total. The number of unbranched alkanes of at least 4 members (excludes halogenated alkanes) is 13. The van der Waals surface area contributed by atoms with Gasteiger partial charge in [0.15, 0.2) is 0 Å². The molecule has 34 heavy (non-hydrogen) atoms. The average Bonchev–Trinajstić information content (AvgIpc) is 3.40. The minimum Gasteiger partial charge on any atom is -0.376 e. The summed E-state index contributed by atoms with van der Waals surface area (Å²) in [6.07, 6.45) is 21.0. The Kier molecular flexibility index (Phi) is 15.2. The maximum atomic E-state index is 12.4. The van der Waals surface area contributed by atoms with Crippen LogP contribution in [0.5, 0.6) is 0 Å². The first-order chi connectivity index (χ1) is 16.7. The average molecular weight is 472 g/mol. The van der Waals surface area contributed by atoms with E-state index < -0.39 is 0 Å². The molecular weight excluding hydrogens is 422 g/mol. The van der Waals surface area contributed by atoms with Crippen molar-refractivity contribution in [3.63, 3.8) is 0 Å². The zero-order valence-electron chi connectivity index (χ0n) is 21.7. The van der Waals surface area contributed by atoms with Crippen LogP contribution in [0.3, 0.4) is 0 Å². The molecule has 0 unspecified atom stereocenters. The van der Waals surface area contributed by atoms with Gasteiger partial charge in [0.25, 0.3) is 5.91 Å². The monoisotopic (exact) mass is 471 g/mol. The smallest absolute Gasteiger partial charge is 0.253 e. The van der Waals surface area contributed by atoms with E-state index in [9.17, 15) is 9.59 Å². The molecular formula is C29H49N3O2. The highest BCUT2D eigenvalue weighted by atomic mass is 16.2. The van der Waals surface area contributed by atoms with Crippen LogP contribution in [-0.2, 0) is 4.79 Å². The summed E-state index contributed by atoms with van der Waals surface area (Å²) in [5.41, 5.74) is 1.58. The van der Waals surface area contributed by atoms with Crippen LogP contribution < -0.4 is 10.6 Å². The molecule has 1 saturated heterocycles. The first-order valence-corrected chi connectivity index (χ1v) is 14.1. The quantitative estimate of drug-likeness (QED) is 0.215. The van der Waals surface area contributed by atoms with Crippen LogP contribution >= 0.6 is 0 Å². The molecule has 1 aliphatic heterocycles.